The number of β-amino-alcohol motifs (C(OH)–C–C–N with tert-alkyl or cyclic N) is 1. The molecule has 0 aromatic rings. The molecule has 1 aliphatic rings. The Kier molecular flexibility index (Phi) is 1.83. The second-order valence-electron chi connectivity index (χ2n) is 2.55. The SMILES string of the molecule is CC(=O)CN1CC(O)C1. The van der Waals surface area contributed by atoms with Gasteiger partial charge >= 0.3 is 0 Å². The maximum Gasteiger partial charge on any atom is 0.143 e. The van der Waals surface area contributed by atoms with E-state index in [0.717, 1.165) is 0 Å². The van der Waals surface area contributed by atoms with Crippen LogP contribution in [0.25, 0.3) is 0 Å². The Morgan fingerprint density at radius 1 is 1.78 bits per heavy atom. The molecule has 1 fully saturated rings. The lowest BCUT2D eigenvalue weighted by molar-refractivity contribution is -0.120. The van der Waals surface area contributed by atoms with E-state index >= 15 is 0 Å². The summed E-state index contributed by atoms with van der Waals surface area (Å²) in [5.74, 6) is 0.168. The molecular formula is C6H11NO2. The Bertz CT molecular complexity index is 118. The monoisotopic (exact) mass is 129 g/mol. The number of hydrogen-bond acceptors (Lipinski definition) is 3. The quantitative estimate of drug-likeness (QED) is 0.533. The van der Waals surface area contributed by atoms with Gasteiger partial charge in [-0.2, -0.15) is 0 Å². The molecule has 1 saturated heterocycles. The smallest absolute Gasteiger partial charge is 0.143 e. The minimum Gasteiger partial charge on any atom is -0.390 e. The third-order valence-electron chi connectivity index (χ3n) is 1.38. The number of Topliss-reactive ketones (excluding diaryl/α,β-unsaturated/α-hetero) is 1. The van der Waals surface area contributed by atoms with Crippen molar-refractivity contribution in [1.82, 2.24) is 4.90 Å². The van der Waals surface area contributed by atoms with Crippen LogP contribution in [0.4, 0.5) is 0 Å². The van der Waals surface area contributed by atoms with Crippen molar-refractivity contribution in [3.63, 3.8) is 0 Å². The van der Waals surface area contributed by atoms with E-state index in [4.69, 9.17) is 5.11 Å². The molecule has 3 nitrogen and oxygen atoms in total. The summed E-state index contributed by atoms with van der Waals surface area (Å²) >= 11 is 0. The van der Waals surface area contributed by atoms with Crippen LogP contribution in [0.15, 0.2) is 0 Å². The molecule has 0 saturated carbocycles. The maximum atomic E-state index is 10.4. The summed E-state index contributed by atoms with van der Waals surface area (Å²) in [7, 11) is 0. The summed E-state index contributed by atoms with van der Waals surface area (Å²) in [5.41, 5.74) is 0. The second-order valence-corrected chi connectivity index (χ2v) is 2.55. The normalized spacial score (nSPS) is 21.6. The number of aliphatic hydroxyl groups is 1. The van der Waals surface area contributed by atoms with Crippen LogP contribution in [0.3, 0.4) is 0 Å². The highest BCUT2D eigenvalue weighted by molar-refractivity contribution is 5.77. The van der Waals surface area contributed by atoms with Gasteiger partial charge in [-0.25, -0.2) is 0 Å². The van der Waals surface area contributed by atoms with E-state index in [-0.39, 0.29) is 11.9 Å². The summed E-state index contributed by atoms with van der Waals surface area (Å²) in [4.78, 5) is 12.4. The predicted molar refractivity (Wildman–Crippen MR) is 33.1 cm³/mol. The largest absolute Gasteiger partial charge is 0.390 e. The molecule has 1 heterocycles. The van der Waals surface area contributed by atoms with Gasteiger partial charge in [0.1, 0.15) is 5.78 Å². The minimum absolute atomic E-state index is 0.168. The van der Waals surface area contributed by atoms with Crippen LogP contribution in [0.1, 0.15) is 6.92 Å². The molecule has 0 aromatic carbocycles. The van der Waals surface area contributed by atoms with E-state index in [0.29, 0.717) is 19.6 Å². The molecule has 0 unspecified atom stereocenters. The van der Waals surface area contributed by atoms with Crippen molar-refractivity contribution in [3.05, 3.63) is 0 Å². The molecular weight excluding hydrogens is 118 g/mol. The average molecular weight is 129 g/mol. The zero-order chi connectivity index (χ0) is 6.85. The van der Waals surface area contributed by atoms with Crippen LogP contribution in [-0.4, -0.2) is 41.5 Å². The molecule has 0 spiro atoms. The predicted octanol–water partition coefficient (Wildman–Crippen LogP) is -0.748. The average Bonchev–Trinajstić information content (AvgIpc) is 1.60. The van der Waals surface area contributed by atoms with Crippen LogP contribution in [0.5, 0.6) is 0 Å². The van der Waals surface area contributed by atoms with Gasteiger partial charge in [-0.15, -0.1) is 0 Å². The molecule has 1 aliphatic heterocycles. The molecule has 0 radical (unpaired) electrons. The number of ketones is 1. The Labute approximate surface area is 54.3 Å². The molecule has 1 N–H and O–H groups in total. The molecule has 0 atom stereocenters. The van der Waals surface area contributed by atoms with Crippen LogP contribution in [0, 0.1) is 0 Å². The first kappa shape index (κ1) is 6.71. The Hall–Kier alpha value is -0.410. The molecule has 0 aromatic heterocycles. The van der Waals surface area contributed by atoms with E-state index in [2.05, 4.69) is 0 Å². The van der Waals surface area contributed by atoms with Crippen LogP contribution < -0.4 is 0 Å². The summed E-state index contributed by atoms with van der Waals surface area (Å²) < 4.78 is 0. The van der Waals surface area contributed by atoms with Gasteiger partial charge in [0.15, 0.2) is 0 Å². The highest BCUT2D eigenvalue weighted by Crippen LogP contribution is 2.05. The van der Waals surface area contributed by atoms with Crippen molar-refractivity contribution in [1.29, 1.82) is 0 Å². The van der Waals surface area contributed by atoms with Crippen LogP contribution in [0.2, 0.25) is 0 Å². The Morgan fingerprint density at radius 3 is 2.67 bits per heavy atom. The summed E-state index contributed by atoms with van der Waals surface area (Å²) in [5, 5.41) is 8.78. The van der Waals surface area contributed by atoms with Gasteiger partial charge in [-0.3, -0.25) is 9.69 Å². The van der Waals surface area contributed by atoms with Gasteiger partial charge in [-0.05, 0) is 6.92 Å². The molecule has 0 amide bonds. The third kappa shape index (κ3) is 1.77. The number of aliphatic hydroxyl groups excluding tert-OH is 1. The third-order valence-corrected chi connectivity index (χ3v) is 1.38. The van der Waals surface area contributed by atoms with E-state index in [1.165, 1.54) is 0 Å². The van der Waals surface area contributed by atoms with E-state index in [1.807, 2.05) is 4.90 Å². The van der Waals surface area contributed by atoms with Gasteiger partial charge in [0.25, 0.3) is 0 Å². The number of rotatable bonds is 2. The fraction of sp³-hybridized carbons (Fsp3) is 0.833. The maximum absolute atomic E-state index is 10.4. The molecule has 1 rings (SSSR count). The van der Waals surface area contributed by atoms with Gasteiger partial charge in [-0.1, -0.05) is 0 Å². The lowest BCUT2D eigenvalue weighted by Crippen LogP contribution is -2.52. The summed E-state index contributed by atoms with van der Waals surface area (Å²) in [6.07, 6.45) is -0.190. The van der Waals surface area contributed by atoms with Crippen molar-refractivity contribution in [3.8, 4) is 0 Å². The standard InChI is InChI=1S/C6H11NO2/c1-5(8)2-7-3-6(9)4-7/h6,9H,2-4H2,1H3. The van der Waals surface area contributed by atoms with Crippen molar-refractivity contribution in [2.24, 2.45) is 0 Å². The van der Waals surface area contributed by atoms with Crippen molar-refractivity contribution in [2.45, 2.75) is 13.0 Å². The van der Waals surface area contributed by atoms with Crippen LogP contribution >= 0.6 is 0 Å². The number of nitrogens with zero attached hydrogens (tertiary/aromatic N) is 1. The zero-order valence-corrected chi connectivity index (χ0v) is 5.50. The second kappa shape index (κ2) is 2.45. The van der Waals surface area contributed by atoms with E-state index < -0.39 is 0 Å². The highest BCUT2D eigenvalue weighted by atomic mass is 16.3. The van der Waals surface area contributed by atoms with Crippen molar-refractivity contribution >= 4 is 5.78 Å². The van der Waals surface area contributed by atoms with Gasteiger partial charge in [0.05, 0.1) is 12.6 Å². The van der Waals surface area contributed by atoms with Crippen LogP contribution in [-0.2, 0) is 4.79 Å². The molecule has 9 heavy (non-hydrogen) atoms. The number of carbonyl (C=O) groups excluding carboxylic acids is 1. The van der Waals surface area contributed by atoms with Crippen molar-refractivity contribution < 1.29 is 9.90 Å². The number of hydrogen-bond donors (Lipinski definition) is 1. The first-order valence-electron chi connectivity index (χ1n) is 3.08. The Morgan fingerprint density at radius 2 is 2.33 bits per heavy atom. The minimum atomic E-state index is -0.190. The summed E-state index contributed by atoms with van der Waals surface area (Å²) in [6, 6.07) is 0. The fourth-order valence-corrected chi connectivity index (χ4v) is 0.987. The zero-order valence-electron chi connectivity index (χ0n) is 5.50. The topological polar surface area (TPSA) is 40.5 Å². The highest BCUT2D eigenvalue weighted by Gasteiger charge is 2.24. The fourth-order valence-electron chi connectivity index (χ4n) is 0.987. The number of likely N-dealkylation sites (tertiary alicyclic amines) is 1. The van der Waals surface area contributed by atoms with Gasteiger partial charge in [0, 0.05) is 13.1 Å². The molecule has 3 heteroatoms. The molecule has 0 bridgehead atoms. The van der Waals surface area contributed by atoms with Crippen molar-refractivity contribution in [2.75, 3.05) is 19.6 Å². The first-order valence-corrected chi connectivity index (χ1v) is 3.08. The lowest BCUT2D eigenvalue weighted by atomic mass is 10.1. The van der Waals surface area contributed by atoms with E-state index in [1.54, 1.807) is 6.92 Å². The lowest BCUT2D eigenvalue weighted by Gasteiger charge is -2.34. The van der Waals surface area contributed by atoms with Gasteiger partial charge in [0.2, 0.25) is 0 Å². The summed E-state index contributed by atoms with van der Waals surface area (Å²) in [6.45, 7) is 3.39. The molecule has 52 valence electrons. The Balaban J connectivity index is 2.11. The van der Waals surface area contributed by atoms with E-state index in [9.17, 15) is 4.79 Å². The first-order chi connectivity index (χ1) is 4.18. The number of carbonyl (C=O) groups is 1. The van der Waals surface area contributed by atoms with Gasteiger partial charge < -0.3 is 5.11 Å². The molecule has 0 aliphatic carbocycles.